The summed E-state index contributed by atoms with van der Waals surface area (Å²) in [4.78, 5) is 6.50. The van der Waals surface area contributed by atoms with Crippen molar-refractivity contribution in [3.63, 3.8) is 0 Å². The fourth-order valence-electron chi connectivity index (χ4n) is 1.86. The number of ether oxygens (including phenoxy) is 1. The first-order valence-corrected chi connectivity index (χ1v) is 6.37. The van der Waals surface area contributed by atoms with Crippen LogP contribution in [0.15, 0.2) is 34.9 Å². The van der Waals surface area contributed by atoms with E-state index in [1.807, 2.05) is 36.2 Å². The Morgan fingerprint density at radius 3 is 3.05 bits per heavy atom. The molecule has 0 unspecified atom stereocenters. The maximum Gasteiger partial charge on any atom is 0.226 e. The van der Waals surface area contributed by atoms with E-state index in [1.165, 1.54) is 0 Å². The molecule has 0 atom stereocenters. The Labute approximate surface area is 118 Å². The summed E-state index contributed by atoms with van der Waals surface area (Å²) in [5.41, 5.74) is 1.73. The van der Waals surface area contributed by atoms with Gasteiger partial charge in [0.2, 0.25) is 5.89 Å². The number of hydrogen-bond donors (Lipinski definition) is 0. The molecule has 2 aromatic rings. The van der Waals surface area contributed by atoms with Gasteiger partial charge in [-0.1, -0.05) is 6.07 Å². The lowest BCUT2D eigenvalue weighted by Gasteiger charge is -2.11. The Hall–Kier alpha value is -2.32. The van der Waals surface area contributed by atoms with Gasteiger partial charge in [-0.25, -0.2) is 4.98 Å². The van der Waals surface area contributed by atoms with Crippen molar-refractivity contribution in [1.82, 2.24) is 9.88 Å². The largest absolute Gasteiger partial charge is 0.497 e. The molecule has 0 saturated carbocycles. The fraction of sp³-hybridized carbons (Fsp3) is 0.333. The second kappa shape index (κ2) is 6.73. The number of methoxy groups -OCH3 is 1. The molecule has 20 heavy (non-hydrogen) atoms. The van der Waals surface area contributed by atoms with Crippen LogP contribution in [-0.2, 0) is 6.54 Å². The van der Waals surface area contributed by atoms with E-state index in [-0.39, 0.29) is 0 Å². The molecule has 0 saturated heterocycles. The molecule has 104 valence electrons. The zero-order chi connectivity index (χ0) is 14.4. The van der Waals surface area contributed by atoms with Crippen molar-refractivity contribution >= 4 is 0 Å². The Balaban J connectivity index is 2.06. The van der Waals surface area contributed by atoms with Crippen molar-refractivity contribution in [2.45, 2.75) is 13.0 Å². The Morgan fingerprint density at radius 1 is 1.45 bits per heavy atom. The van der Waals surface area contributed by atoms with Crippen LogP contribution < -0.4 is 4.74 Å². The maximum atomic E-state index is 8.56. The third kappa shape index (κ3) is 3.59. The van der Waals surface area contributed by atoms with Gasteiger partial charge < -0.3 is 9.15 Å². The van der Waals surface area contributed by atoms with E-state index in [1.54, 1.807) is 13.4 Å². The molecule has 0 aliphatic carbocycles. The zero-order valence-corrected chi connectivity index (χ0v) is 11.7. The highest BCUT2D eigenvalue weighted by Crippen LogP contribution is 2.23. The van der Waals surface area contributed by atoms with Gasteiger partial charge in [-0.3, -0.25) is 4.90 Å². The van der Waals surface area contributed by atoms with E-state index in [0.717, 1.165) is 23.6 Å². The van der Waals surface area contributed by atoms with Crippen LogP contribution in [0.2, 0.25) is 0 Å². The van der Waals surface area contributed by atoms with E-state index in [9.17, 15) is 0 Å². The van der Waals surface area contributed by atoms with E-state index in [4.69, 9.17) is 14.4 Å². The van der Waals surface area contributed by atoms with E-state index in [2.05, 4.69) is 11.1 Å². The smallest absolute Gasteiger partial charge is 0.226 e. The van der Waals surface area contributed by atoms with Crippen molar-refractivity contribution in [3.8, 4) is 23.3 Å². The van der Waals surface area contributed by atoms with Gasteiger partial charge in [0.15, 0.2) is 0 Å². The standard InChI is InChI=1S/C15H17N3O2/c1-18(8-4-7-16)10-13-11-20-15(17-13)12-5-3-6-14(9-12)19-2/h3,5-6,9,11H,4,8,10H2,1-2H3. The Bertz CT molecular complexity index is 601. The predicted octanol–water partition coefficient (Wildman–Crippen LogP) is 2.70. The van der Waals surface area contributed by atoms with Crippen molar-refractivity contribution in [3.05, 3.63) is 36.2 Å². The molecular weight excluding hydrogens is 254 g/mol. The van der Waals surface area contributed by atoms with Gasteiger partial charge in [-0.2, -0.15) is 5.26 Å². The summed E-state index contributed by atoms with van der Waals surface area (Å²) in [5.74, 6) is 1.35. The monoisotopic (exact) mass is 271 g/mol. The quantitative estimate of drug-likeness (QED) is 0.808. The minimum Gasteiger partial charge on any atom is -0.497 e. The van der Waals surface area contributed by atoms with Gasteiger partial charge in [-0.15, -0.1) is 0 Å². The van der Waals surface area contributed by atoms with Crippen LogP contribution in [0.1, 0.15) is 12.1 Å². The van der Waals surface area contributed by atoms with Crippen LogP contribution in [0, 0.1) is 11.3 Å². The molecule has 1 aromatic carbocycles. The summed E-state index contributed by atoms with van der Waals surface area (Å²) >= 11 is 0. The summed E-state index contributed by atoms with van der Waals surface area (Å²) in [6.07, 6.45) is 2.16. The highest BCUT2D eigenvalue weighted by molar-refractivity contribution is 5.55. The van der Waals surface area contributed by atoms with E-state index in [0.29, 0.717) is 18.9 Å². The molecule has 0 aliphatic rings. The van der Waals surface area contributed by atoms with Crippen molar-refractivity contribution in [2.24, 2.45) is 0 Å². The van der Waals surface area contributed by atoms with Gasteiger partial charge >= 0.3 is 0 Å². The molecule has 0 fully saturated rings. The number of aromatic nitrogens is 1. The summed E-state index contributed by atoms with van der Waals surface area (Å²) in [6.45, 7) is 1.38. The van der Waals surface area contributed by atoms with Gasteiger partial charge in [0.1, 0.15) is 12.0 Å². The van der Waals surface area contributed by atoms with Crippen LogP contribution in [0.25, 0.3) is 11.5 Å². The Kier molecular flexibility index (Phi) is 4.75. The average molecular weight is 271 g/mol. The van der Waals surface area contributed by atoms with Gasteiger partial charge in [-0.05, 0) is 25.2 Å². The maximum absolute atomic E-state index is 8.56. The minimum atomic E-state index is 0.511. The lowest BCUT2D eigenvalue weighted by atomic mass is 10.2. The molecule has 0 spiro atoms. The van der Waals surface area contributed by atoms with Crippen molar-refractivity contribution < 1.29 is 9.15 Å². The van der Waals surface area contributed by atoms with Crippen LogP contribution >= 0.6 is 0 Å². The van der Waals surface area contributed by atoms with Crippen LogP contribution in [0.5, 0.6) is 5.75 Å². The highest BCUT2D eigenvalue weighted by Gasteiger charge is 2.09. The van der Waals surface area contributed by atoms with Crippen molar-refractivity contribution in [1.29, 1.82) is 5.26 Å². The second-order valence-electron chi connectivity index (χ2n) is 4.52. The molecule has 1 aromatic heterocycles. The van der Waals surface area contributed by atoms with Gasteiger partial charge in [0, 0.05) is 25.1 Å². The molecule has 0 amide bonds. The summed E-state index contributed by atoms with van der Waals surface area (Å²) in [5, 5.41) is 8.56. The normalized spacial score (nSPS) is 10.5. The summed E-state index contributed by atoms with van der Waals surface area (Å²) in [7, 11) is 3.58. The lowest BCUT2D eigenvalue weighted by Crippen LogP contribution is -2.18. The van der Waals surface area contributed by atoms with Crippen LogP contribution in [0.3, 0.4) is 0 Å². The third-order valence-electron chi connectivity index (χ3n) is 2.91. The molecular formula is C15H17N3O2. The first-order valence-electron chi connectivity index (χ1n) is 6.37. The highest BCUT2D eigenvalue weighted by atomic mass is 16.5. The van der Waals surface area contributed by atoms with E-state index >= 15 is 0 Å². The molecule has 5 nitrogen and oxygen atoms in total. The van der Waals surface area contributed by atoms with Gasteiger partial charge in [0.05, 0.1) is 18.9 Å². The second-order valence-corrected chi connectivity index (χ2v) is 4.52. The van der Waals surface area contributed by atoms with Crippen LogP contribution in [-0.4, -0.2) is 30.6 Å². The number of hydrogen-bond acceptors (Lipinski definition) is 5. The molecule has 0 bridgehead atoms. The van der Waals surface area contributed by atoms with Crippen LogP contribution in [0.4, 0.5) is 0 Å². The fourth-order valence-corrected chi connectivity index (χ4v) is 1.86. The third-order valence-corrected chi connectivity index (χ3v) is 2.91. The predicted molar refractivity (Wildman–Crippen MR) is 75.1 cm³/mol. The molecule has 0 N–H and O–H groups in total. The number of oxazole rings is 1. The Morgan fingerprint density at radius 2 is 2.30 bits per heavy atom. The molecule has 0 aliphatic heterocycles. The lowest BCUT2D eigenvalue weighted by molar-refractivity contribution is 0.330. The molecule has 2 rings (SSSR count). The first-order chi connectivity index (χ1) is 9.72. The molecule has 0 radical (unpaired) electrons. The van der Waals surface area contributed by atoms with Crippen molar-refractivity contribution in [2.75, 3.05) is 20.7 Å². The summed E-state index contributed by atoms with van der Waals surface area (Å²) < 4.78 is 10.7. The SMILES string of the molecule is COc1cccc(-c2nc(CN(C)CCC#N)co2)c1. The number of rotatable bonds is 6. The molecule has 1 heterocycles. The molecule has 5 heteroatoms. The first kappa shape index (κ1) is 14.1. The topological polar surface area (TPSA) is 62.3 Å². The zero-order valence-electron chi connectivity index (χ0n) is 11.7. The minimum absolute atomic E-state index is 0.511. The number of benzene rings is 1. The van der Waals surface area contributed by atoms with Gasteiger partial charge in [0.25, 0.3) is 0 Å². The van der Waals surface area contributed by atoms with E-state index < -0.39 is 0 Å². The number of nitrogens with zero attached hydrogens (tertiary/aromatic N) is 3. The number of nitriles is 1. The summed E-state index contributed by atoms with van der Waals surface area (Å²) in [6, 6.07) is 9.72. The average Bonchev–Trinajstić information content (AvgIpc) is 2.93.